The molecule has 2 aromatic carbocycles. The molecule has 0 unspecified atom stereocenters. The number of nitrogens with one attached hydrogen (secondary N) is 2. The number of rotatable bonds is 5. The number of pyridine rings is 1. The molecule has 0 spiro atoms. The van der Waals surface area contributed by atoms with Gasteiger partial charge in [-0.05, 0) is 48.5 Å². The van der Waals surface area contributed by atoms with Crippen LogP contribution in [0, 0.1) is 0 Å². The number of benzene rings is 2. The molecule has 0 radical (unpaired) electrons. The van der Waals surface area contributed by atoms with Crippen LogP contribution >= 0.6 is 0 Å². The summed E-state index contributed by atoms with van der Waals surface area (Å²) in [5.74, 6) is -0.288. The molecule has 0 aliphatic carbocycles. The molecule has 0 aliphatic heterocycles. The van der Waals surface area contributed by atoms with Crippen molar-refractivity contribution in [3.63, 3.8) is 0 Å². The summed E-state index contributed by atoms with van der Waals surface area (Å²) in [6.45, 7) is 0. The number of amides is 1. The Labute approximate surface area is 145 Å². The van der Waals surface area contributed by atoms with Crippen molar-refractivity contribution in [2.45, 2.75) is 4.90 Å². The van der Waals surface area contributed by atoms with Gasteiger partial charge in [0.25, 0.3) is 15.9 Å². The first-order chi connectivity index (χ1) is 12.0. The fourth-order valence-corrected chi connectivity index (χ4v) is 3.22. The van der Waals surface area contributed by atoms with Gasteiger partial charge in [0.05, 0.1) is 4.90 Å². The summed E-state index contributed by atoms with van der Waals surface area (Å²) in [5.41, 5.74) is 1.43. The van der Waals surface area contributed by atoms with E-state index in [1.165, 1.54) is 12.1 Å². The van der Waals surface area contributed by atoms with Crippen LogP contribution < -0.4 is 10.0 Å². The van der Waals surface area contributed by atoms with Crippen molar-refractivity contribution < 1.29 is 13.2 Å². The molecule has 2 N–H and O–H groups in total. The van der Waals surface area contributed by atoms with Gasteiger partial charge >= 0.3 is 0 Å². The summed E-state index contributed by atoms with van der Waals surface area (Å²) in [6.07, 6.45) is 3.16. The maximum Gasteiger partial charge on any atom is 0.261 e. The van der Waals surface area contributed by atoms with E-state index >= 15 is 0 Å². The molecule has 0 bridgehead atoms. The standard InChI is InChI=1S/C18H15N3O3S/c22-18(20-15-10-12-19-13-11-15)14-6-8-16(9-7-14)21-25(23,24)17-4-2-1-3-5-17/h1-13,21H,(H,19,20,22). The van der Waals surface area contributed by atoms with Gasteiger partial charge in [0.1, 0.15) is 0 Å². The molecule has 0 atom stereocenters. The summed E-state index contributed by atoms with van der Waals surface area (Å²) in [7, 11) is -3.65. The van der Waals surface area contributed by atoms with Gasteiger partial charge in [0.2, 0.25) is 0 Å². The van der Waals surface area contributed by atoms with Gasteiger partial charge in [-0.1, -0.05) is 18.2 Å². The third kappa shape index (κ3) is 4.21. The van der Waals surface area contributed by atoms with Crippen LogP contribution in [0.5, 0.6) is 0 Å². The minimum absolute atomic E-state index is 0.175. The maximum absolute atomic E-state index is 12.3. The van der Waals surface area contributed by atoms with E-state index in [2.05, 4.69) is 15.0 Å². The normalized spacial score (nSPS) is 10.9. The Morgan fingerprint density at radius 3 is 2.08 bits per heavy atom. The Morgan fingerprint density at radius 1 is 0.800 bits per heavy atom. The molecule has 0 fully saturated rings. The van der Waals surface area contributed by atoms with Crippen LogP contribution in [-0.4, -0.2) is 19.3 Å². The Balaban J connectivity index is 1.71. The SMILES string of the molecule is O=C(Nc1ccncc1)c1ccc(NS(=O)(=O)c2ccccc2)cc1. The zero-order chi connectivity index (χ0) is 17.7. The van der Waals surface area contributed by atoms with E-state index in [-0.39, 0.29) is 10.8 Å². The summed E-state index contributed by atoms with van der Waals surface area (Å²) in [5, 5.41) is 2.73. The molecule has 1 heterocycles. The molecule has 7 heteroatoms. The van der Waals surface area contributed by atoms with Gasteiger partial charge in [0, 0.05) is 29.3 Å². The molecule has 25 heavy (non-hydrogen) atoms. The number of carbonyl (C=O) groups is 1. The predicted octanol–water partition coefficient (Wildman–Crippen LogP) is 3.13. The van der Waals surface area contributed by atoms with Crippen LogP contribution in [0.4, 0.5) is 11.4 Å². The second-order valence-corrected chi connectivity index (χ2v) is 6.87. The average Bonchev–Trinajstić information content (AvgIpc) is 2.63. The quantitative estimate of drug-likeness (QED) is 0.737. The molecule has 1 amide bonds. The fraction of sp³-hybridized carbons (Fsp3) is 0. The highest BCUT2D eigenvalue weighted by atomic mass is 32.2. The highest BCUT2D eigenvalue weighted by Crippen LogP contribution is 2.17. The molecule has 3 rings (SSSR count). The number of nitrogens with zero attached hydrogens (tertiary/aromatic N) is 1. The van der Waals surface area contributed by atoms with Crippen molar-refractivity contribution in [1.29, 1.82) is 0 Å². The number of sulfonamides is 1. The molecular formula is C18H15N3O3S. The lowest BCUT2D eigenvalue weighted by atomic mass is 10.2. The van der Waals surface area contributed by atoms with E-state index in [9.17, 15) is 13.2 Å². The van der Waals surface area contributed by atoms with Crippen LogP contribution in [0.1, 0.15) is 10.4 Å². The van der Waals surface area contributed by atoms with Gasteiger partial charge < -0.3 is 5.32 Å². The monoisotopic (exact) mass is 353 g/mol. The lowest BCUT2D eigenvalue weighted by Crippen LogP contribution is -2.14. The molecule has 0 saturated carbocycles. The number of aromatic nitrogens is 1. The smallest absolute Gasteiger partial charge is 0.261 e. The van der Waals surface area contributed by atoms with Gasteiger partial charge in [-0.25, -0.2) is 8.42 Å². The van der Waals surface area contributed by atoms with Crippen LogP contribution in [0.15, 0.2) is 84.0 Å². The third-order valence-electron chi connectivity index (χ3n) is 3.39. The van der Waals surface area contributed by atoms with Crippen LogP contribution in [0.2, 0.25) is 0 Å². The van der Waals surface area contributed by atoms with E-state index in [4.69, 9.17) is 0 Å². The van der Waals surface area contributed by atoms with E-state index in [0.29, 0.717) is 16.9 Å². The lowest BCUT2D eigenvalue weighted by molar-refractivity contribution is 0.102. The molecule has 6 nitrogen and oxygen atoms in total. The Hall–Kier alpha value is -3.19. The zero-order valence-corrected chi connectivity index (χ0v) is 13.9. The lowest BCUT2D eigenvalue weighted by Gasteiger charge is -2.09. The molecule has 1 aromatic heterocycles. The Bertz CT molecular complexity index is 957. The summed E-state index contributed by atoms with van der Waals surface area (Å²) < 4.78 is 27.0. The number of hydrogen-bond donors (Lipinski definition) is 2. The minimum atomic E-state index is -3.65. The highest BCUT2D eigenvalue weighted by Gasteiger charge is 2.14. The minimum Gasteiger partial charge on any atom is -0.322 e. The summed E-state index contributed by atoms with van der Waals surface area (Å²) in [4.78, 5) is 16.2. The van der Waals surface area contributed by atoms with Crippen molar-refractivity contribution in [3.05, 3.63) is 84.7 Å². The molecular weight excluding hydrogens is 338 g/mol. The van der Waals surface area contributed by atoms with Crippen LogP contribution in [0.25, 0.3) is 0 Å². The van der Waals surface area contributed by atoms with Crippen molar-refractivity contribution in [1.82, 2.24) is 4.98 Å². The average molecular weight is 353 g/mol. The molecule has 0 aliphatic rings. The van der Waals surface area contributed by atoms with E-state index in [0.717, 1.165) is 0 Å². The van der Waals surface area contributed by atoms with E-state index in [1.807, 2.05) is 0 Å². The number of anilines is 2. The molecule has 126 valence electrons. The fourth-order valence-electron chi connectivity index (χ4n) is 2.14. The largest absolute Gasteiger partial charge is 0.322 e. The topological polar surface area (TPSA) is 88.2 Å². The Kier molecular flexibility index (Phi) is 4.76. The van der Waals surface area contributed by atoms with Gasteiger partial charge in [0.15, 0.2) is 0 Å². The van der Waals surface area contributed by atoms with Crippen LogP contribution in [-0.2, 0) is 10.0 Å². The van der Waals surface area contributed by atoms with Crippen LogP contribution in [0.3, 0.4) is 0 Å². The zero-order valence-electron chi connectivity index (χ0n) is 13.1. The number of carbonyl (C=O) groups excluding carboxylic acids is 1. The maximum atomic E-state index is 12.3. The number of hydrogen-bond acceptors (Lipinski definition) is 4. The van der Waals surface area contributed by atoms with Crippen molar-refractivity contribution in [3.8, 4) is 0 Å². The molecule has 0 saturated heterocycles. The first-order valence-corrected chi connectivity index (χ1v) is 8.92. The van der Waals surface area contributed by atoms with Crippen molar-refractivity contribution in [2.24, 2.45) is 0 Å². The van der Waals surface area contributed by atoms with Crippen molar-refractivity contribution in [2.75, 3.05) is 10.0 Å². The first-order valence-electron chi connectivity index (χ1n) is 7.44. The second-order valence-electron chi connectivity index (χ2n) is 5.19. The van der Waals surface area contributed by atoms with E-state index < -0.39 is 10.0 Å². The predicted molar refractivity (Wildman–Crippen MR) is 95.9 cm³/mol. The third-order valence-corrected chi connectivity index (χ3v) is 4.79. The molecule has 3 aromatic rings. The van der Waals surface area contributed by atoms with Crippen molar-refractivity contribution >= 4 is 27.3 Å². The highest BCUT2D eigenvalue weighted by molar-refractivity contribution is 7.92. The second kappa shape index (κ2) is 7.14. The van der Waals surface area contributed by atoms with Gasteiger partial charge in [-0.15, -0.1) is 0 Å². The Morgan fingerprint density at radius 2 is 1.44 bits per heavy atom. The van der Waals surface area contributed by atoms with Gasteiger partial charge in [-0.3, -0.25) is 14.5 Å². The van der Waals surface area contributed by atoms with Gasteiger partial charge in [-0.2, -0.15) is 0 Å². The van der Waals surface area contributed by atoms with E-state index in [1.54, 1.807) is 67.0 Å². The first kappa shape index (κ1) is 16.7. The summed E-state index contributed by atoms with van der Waals surface area (Å²) in [6, 6.07) is 17.6. The summed E-state index contributed by atoms with van der Waals surface area (Å²) >= 11 is 0.